The van der Waals surface area contributed by atoms with Crippen LogP contribution in [0.25, 0.3) is 0 Å². The van der Waals surface area contributed by atoms with E-state index < -0.39 is 0 Å². The number of hydrogen-bond acceptors (Lipinski definition) is 6. The van der Waals surface area contributed by atoms with E-state index in [1.165, 1.54) is 0 Å². The van der Waals surface area contributed by atoms with E-state index in [0.717, 1.165) is 43.0 Å². The zero-order valence-electron chi connectivity index (χ0n) is 14.5. The lowest BCUT2D eigenvalue weighted by Gasteiger charge is -2.35. The van der Waals surface area contributed by atoms with E-state index in [4.69, 9.17) is 9.47 Å². The standard InChI is InChI=1S/C19H24N4O2/c1-14-10-21-19(22-11-14)23-9-7-18-17(23)6-5-16(25-18)13-24-12-15-4-2-3-8-20-15/h2-4,8,10-11,16-18H,5-7,9,12-13H2,1H3/t16-,17+,18+/m1/s1. The number of pyridine rings is 1. The van der Waals surface area contributed by atoms with Gasteiger partial charge in [-0.25, -0.2) is 9.97 Å². The molecule has 3 atom stereocenters. The Bertz CT molecular complexity index is 680. The van der Waals surface area contributed by atoms with Crippen LogP contribution in [0.5, 0.6) is 0 Å². The molecule has 2 aliphatic rings. The second-order valence-electron chi connectivity index (χ2n) is 6.82. The number of fused-ring (bicyclic) bond motifs is 1. The second kappa shape index (κ2) is 7.45. The van der Waals surface area contributed by atoms with Gasteiger partial charge in [0.15, 0.2) is 0 Å². The maximum atomic E-state index is 6.28. The molecule has 0 unspecified atom stereocenters. The number of ether oxygens (including phenoxy) is 2. The first-order chi connectivity index (χ1) is 12.3. The SMILES string of the molecule is Cc1cnc(N2CC[C@@H]3O[C@@H](COCc4ccccn4)CC[C@@H]32)nc1. The van der Waals surface area contributed by atoms with Crippen molar-refractivity contribution in [1.29, 1.82) is 0 Å². The average molecular weight is 340 g/mol. The quantitative estimate of drug-likeness (QED) is 0.833. The molecule has 0 spiro atoms. The van der Waals surface area contributed by atoms with E-state index in [1.54, 1.807) is 6.20 Å². The van der Waals surface area contributed by atoms with Gasteiger partial charge in [0.25, 0.3) is 0 Å². The van der Waals surface area contributed by atoms with Crippen molar-refractivity contribution < 1.29 is 9.47 Å². The Morgan fingerprint density at radius 2 is 2.04 bits per heavy atom. The number of aromatic nitrogens is 3. The van der Waals surface area contributed by atoms with Gasteiger partial charge in [0.2, 0.25) is 5.95 Å². The molecule has 0 bridgehead atoms. The van der Waals surface area contributed by atoms with Crippen molar-refractivity contribution in [3.05, 3.63) is 48.0 Å². The van der Waals surface area contributed by atoms with Crippen molar-refractivity contribution in [2.45, 2.75) is 51.0 Å². The van der Waals surface area contributed by atoms with Gasteiger partial charge in [0.05, 0.1) is 37.2 Å². The van der Waals surface area contributed by atoms with Crippen LogP contribution in [0, 0.1) is 6.92 Å². The van der Waals surface area contributed by atoms with Gasteiger partial charge in [-0.2, -0.15) is 0 Å². The predicted octanol–water partition coefficient (Wildman–Crippen LogP) is 2.52. The van der Waals surface area contributed by atoms with Crippen LogP contribution in [0.15, 0.2) is 36.8 Å². The number of anilines is 1. The largest absolute Gasteiger partial charge is 0.372 e. The van der Waals surface area contributed by atoms with E-state index >= 15 is 0 Å². The topological polar surface area (TPSA) is 60.4 Å². The molecule has 2 saturated heterocycles. The number of rotatable bonds is 5. The van der Waals surface area contributed by atoms with Crippen LogP contribution in [0.4, 0.5) is 5.95 Å². The Labute approximate surface area is 148 Å². The summed E-state index contributed by atoms with van der Waals surface area (Å²) in [5.74, 6) is 0.826. The van der Waals surface area contributed by atoms with Gasteiger partial charge in [-0.15, -0.1) is 0 Å². The van der Waals surface area contributed by atoms with E-state index in [-0.39, 0.29) is 12.2 Å². The molecule has 132 valence electrons. The molecule has 2 aliphatic heterocycles. The summed E-state index contributed by atoms with van der Waals surface area (Å²) in [5, 5.41) is 0. The molecule has 0 aromatic carbocycles. The molecule has 0 saturated carbocycles. The lowest BCUT2D eigenvalue weighted by Crippen LogP contribution is -2.44. The molecule has 4 heterocycles. The highest BCUT2D eigenvalue weighted by molar-refractivity contribution is 5.35. The fourth-order valence-corrected chi connectivity index (χ4v) is 3.68. The Morgan fingerprint density at radius 3 is 2.84 bits per heavy atom. The summed E-state index contributed by atoms with van der Waals surface area (Å²) >= 11 is 0. The highest BCUT2D eigenvalue weighted by atomic mass is 16.5. The first kappa shape index (κ1) is 16.4. The van der Waals surface area contributed by atoms with E-state index in [2.05, 4.69) is 19.9 Å². The molecular weight excluding hydrogens is 316 g/mol. The van der Waals surface area contributed by atoms with Crippen molar-refractivity contribution >= 4 is 5.95 Å². The van der Waals surface area contributed by atoms with Crippen molar-refractivity contribution in [2.75, 3.05) is 18.1 Å². The lowest BCUT2D eigenvalue weighted by molar-refractivity contribution is -0.0892. The van der Waals surface area contributed by atoms with Crippen molar-refractivity contribution in [1.82, 2.24) is 15.0 Å². The number of hydrogen-bond donors (Lipinski definition) is 0. The maximum Gasteiger partial charge on any atom is 0.225 e. The molecule has 25 heavy (non-hydrogen) atoms. The summed E-state index contributed by atoms with van der Waals surface area (Å²) in [7, 11) is 0. The van der Waals surface area contributed by atoms with Gasteiger partial charge < -0.3 is 14.4 Å². The Hall–Kier alpha value is -2.05. The molecule has 6 nitrogen and oxygen atoms in total. The molecular formula is C19H24N4O2. The van der Waals surface area contributed by atoms with Crippen LogP contribution in [-0.4, -0.2) is 46.4 Å². The zero-order valence-corrected chi connectivity index (χ0v) is 14.5. The van der Waals surface area contributed by atoms with Crippen LogP contribution in [0.2, 0.25) is 0 Å². The van der Waals surface area contributed by atoms with Crippen molar-refractivity contribution in [3.8, 4) is 0 Å². The third-order valence-electron chi connectivity index (χ3n) is 4.94. The smallest absolute Gasteiger partial charge is 0.225 e. The van der Waals surface area contributed by atoms with Crippen LogP contribution in [0.3, 0.4) is 0 Å². The summed E-state index contributed by atoms with van der Waals surface area (Å²) in [6, 6.07) is 6.26. The van der Waals surface area contributed by atoms with Gasteiger partial charge >= 0.3 is 0 Å². The van der Waals surface area contributed by atoms with Crippen LogP contribution in [-0.2, 0) is 16.1 Å². The van der Waals surface area contributed by atoms with Gasteiger partial charge in [-0.3, -0.25) is 4.98 Å². The van der Waals surface area contributed by atoms with Crippen molar-refractivity contribution in [2.24, 2.45) is 0 Å². The Balaban J connectivity index is 1.29. The molecule has 0 amide bonds. The minimum atomic E-state index is 0.170. The van der Waals surface area contributed by atoms with E-state index in [0.29, 0.717) is 19.3 Å². The molecule has 0 radical (unpaired) electrons. The third-order valence-corrected chi connectivity index (χ3v) is 4.94. The van der Waals surface area contributed by atoms with Crippen LogP contribution < -0.4 is 4.90 Å². The normalized spacial score (nSPS) is 25.8. The summed E-state index contributed by atoms with van der Waals surface area (Å²) < 4.78 is 12.1. The van der Waals surface area contributed by atoms with E-state index in [1.807, 2.05) is 37.5 Å². The van der Waals surface area contributed by atoms with Crippen molar-refractivity contribution in [3.63, 3.8) is 0 Å². The summed E-state index contributed by atoms with van der Waals surface area (Å²) in [5.41, 5.74) is 2.05. The van der Waals surface area contributed by atoms with E-state index in [9.17, 15) is 0 Å². The fraction of sp³-hybridized carbons (Fsp3) is 0.526. The highest BCUT2D eigenvalue weighted by Crippen LogP contribution is 2.33. The highest BCUT2D eigenvalue weighted by Gasteiger charge is 2.40. The minimum absolute atomic E-state index is 0.170. The molecule has 2 fully saturated rings. The summed E-state index contributed by atoms with van der Waals surface area (Å²) in [4.78, 5) is 15.5. The maximum absolute atomic E-state index is 6.28. The Morgan fingerprint density at radius 1 is 1.16 bits per heavy atom. The van der Waals surface area contributed by atoms with Gasteiger partial charge in [-0.05, 0) is 43.9 Å². The summed E-state index contributed by atoms with van der Waals surface area (Å²) in [6.45, 7) is 4.13. The second-order valence-corrected chi connectivity index (χ2v) is 6.82. The molecule has 2 aromatic rings. The molecule has 0 aliphatic carbocycles. The number of nitrogens with zero attached hydrogens (tertiary/aromatic N) is 4. The van der Waals surface area contributed by atoms with Gasteiger partial charge in [0, 0.05) is 25.1 Å². The monoisotopic (exact) mass is 340 g/mol. The lowest BCUT2D eigenvalue weighted by atomic mass is 9.99. The number of aryl methyl sites for hydroxylation is 1. The minimum Gasteiger partial charge on any atom is -0.372 e. The average Bonchev–Trinajstić information content (AvgIpc) is 3.06. The fourth-order valence-electron chi connectivity index (χ4n) is 3.68. The molecule has 6 heteroatoms. The van der Waals surface area contributed by atoms with Gasteiger partial charge in [0.1, 0.15) is 0 Å². The Kier molecular flexibility index (Phi) is 4.90. The van der Waals surface area contributed by atoms with Gasteiger partial charge in [-0.1, -0.05) is 6.07 Å². The first-order valence-corrected chi connectivity index (χ1v) is 8.98. The summed E-state index contributed by atoms with van der Waals surface area (Å²) in [6.07, 6.45) is 9.11. The molecule has 2 aromatic heterocycles. The van der Waals surface area contributed by atoms with Crippen LogP contribution in [0.1, 0.15) is 30.5 Å². The molecule has 0 N–H and O–H groups in total. The van der Waals surface area contributed by atoms with Crippen LogP contribution >= 0.6 is 0 Å². The third kappa shape index (κ3) is 3.80. The predicted molar refractivity (Wildman–Crippen MR) is 94.3 cm³/mol. The molecule has 4 rings (SSSR count). The zero-order chi connectivity index (χ0) is 17.1. The first-order valence-electron chi connectivity index (χ1n) is 8.98.